The molecule has 0 aromatic carbocycles. The van der Waals surface area contributed by atoms with Gasteiger partial charge in [0.05, 0.1) is 17.6 Å². The first kappa shape index (κ1) is 11.3. The second-order valence-electron chi connectivity index (χ2n) is 5.67. The van der Waals surface area contributed by atoms with Crippen LogP contribution in [0, 0.1) is 11.8 Å². The van der Waals surface area contributed by atoms with Crippen LogP contribution in [0.4, 0.5) is 0 Å². The van der Waals surface area contributed by atoms with E-state index in [1.54, 1.807) is 6.20 Å². The molecule has 2 fully saturated rings. The van der Waals surface area contributed by atoms with Gasteiger partial charge in [-0.15, -0.1) is 0 Å². The summed E-state index contributed by atoms with van der Waals surface area (Å²) in [6.07, 6.45) is 8.00. The first-order valence-corrected chi connectivity index (χ1v) is 8.32. The molecule has 0 amide bonds. The highest BCUT2D eigenvalue weighted by Gasteiger charge is 2.47. The van der Waals surface area contributed by atoms with Gasteiger partial charge in [-0.2, -0.15) is 10.1 Å². The summed E-state index contributed by atoms with van der Waals surface area (Å²) in [5, 5.41) is 5.05. The van der Waals surface area contributed by atoms with Crippen LogP contribution in [0.15, 0.2) is 17.6 Å². The molecule has 19 heavy (non-hydrogen) atoms. The predicted octanol–water partition coefficient (Wildman–Crippen LogP) is 1.20. The molecule has 0 saturated heterocycles. The third-order valence-corrected chi connectivity index (χ3v) is 5.07. The van der Waals surface area contributed by atoms with E-state index < -0.39 is 9.84 Å². The molecule has 2 aromatic rings. The fourth-order valence-corrected chi connectivity index (χ4v) is 3.65. The van der Waals surface area contributed by atoms with E-state index in [2.05, 4.69) is 15.1 Å². The van der Waals surface area contributed by atoms with Crippen molar-refractivity contribution >= 4 is 20.9 Å². The largest absolute Gasteiger partial charge is 0.248 e. The summed E-state index contributed by atoms with van der Waals surface area (Å²) in [5.41, 5.74) is 0.640. The summed E-state index contributed by atoms with van der Waals surface area (Å²) < 4.78 is 25.0. The molecular formula is C12H14N4O2S. The molecule has 2 heterocycles. The molecule has 0 spiro atoms. The van der Waals surface area contributed by atoms with Crippen LogP contribution in [0.1, 0.15) is 25.3 Å². The molecule has 7 heteroatoms. The maximum atomic E-state index is 11.5. The molecule has 0 aliphatic heterocycles. The van der Waals surface area contributed by atoms with E-state index >= 15 is 0 Å². The fraction of sp³-hybridized carbons (Fsp3) is 0.583. The lowest BCUT2D eigenvalue weighted by molar-refractivity contribution is 0.435. The van der Waals surface area contributed by atoms with Gasteiger partial charge in [-0.25, -0.2) is 18.1 Å². The van der Waals surface area contributed by atoms with Gasteiger partial charge in [-0.05, 0) is 31.1 Å². The lowest BCUT2D eigenvalue weighted by atomic mass is 10.2. The molecule has 1 unspecified atom stereocenters. The number of rotatable bonds is 2. The van der Waals surface area contributed by atoms with E-state index in [4.69, 9.17) is 0 Å². The Morgan fingerprint density at radius 3 is 2.63 bits per heavy atom. The van der Waals surface area contributed by atoms with E-state index in [1.807, 2.05) is 4.68 Å². The average molecular weight is 278 g/mol. The Morgan fingerprint density at radius 2 is 1.95 bits per heavy atom. The quantitative estimate of drug-likeness (QED) is 0.771. The molecule has 2 saturated carbocycles. The Labute approximate surface area is 110 Å². The van der Waals surface area contributed by atoms with Crippen molar-refractivity contribution in [3.8, 4) is 0 Å². The molecule has 2 aliphatic carbocycles. The Morgan fingerprint density at radius 1 is 1.21 bits per heavy atom. The topological polar surface area (TPSA) is 77.7 Å². The number of sulfone groups is 1. The zero-order valence-corrected chi connectivity index (χ0v) is 11.3. The average Bonchev–Trinajstić information content (AvgIpc) is 2.82. The summed E-state index contributed by atoms with van der Waals surface area (Å²) >= 11 is 0. The zero-order valence-electron chi connectivity index (χ0n) is 10.5. The predicted molar refractivity (Wildman–Crippen MR) is 68.3 cm³/mol. The van der Waals surface area contributed by atoms with Crippen LogP contribution in [0.2, 0.25) is 0 Å². The Bertz CT molecular complexity index is 757. The first-order chi connectivity index (χ1) is 9.02. The minimum Gasteiger partial charge on any atom is -0.244 e. The Balaban J connectivity index is 1.82. The van der Waals surface area contributed by atoms with Gasteiger partial charge in [0.2, 0.25) is 15.0 Å². The van der Waals surface area contributed by atoms with Crippen molar-refractivity contribution < 1.29 is 8.42 Å². The molecular weight excluding hydrogens is 264 g/mol. The highest BCUT2D eigenvalue weighted by atomic mass is 32.2. The van der Waals surface area contributed by atoms with Crippen LogP contribution >= 0.6 is 0 Å². The number of nitrogens with zero attached hydrogens (tertiary/aromatic N) is 4. The minimum absolute atomic E-state index is 0.120. The van der Waals surface area contributed by atoms with Gasteiger partial charge in [0, 0.05) is 12.5 Å². The molecule has 2 aromatic heterocycles. The number of fused-ring (bicyclic) bond motifs is 2. The molecule has 6 nitrogen and oxygen atoms in total. The van der Waals surface area contributed by atoms with E-state index in [-0.39, 0.29) is 5.16 Å². The van der Waals surface area contributed by atoms with E-state index in [1.165, 1.54) is 12.6 Å². The third-order valence-electron chi connectivity index (χ3n) is 4.21. The summed E-state index contributed by atoms with van der Waals surface area (Å²) in [7, 11) is -3.38. The van der Waals surface area contributed by atoms with Crippen molar-refractivity contribution in [2.75, 3.05) is 6.26 Å². The molecule has 2 aliphatic rings. The second kappa shape index (κ2) is 3.53. The van der Waals surface area contributed by atoms with Crippen LogP contribution in [-0.4, -0.2) is 34.4 Å². The smallest absolute Gasteiger partial charge is 0.244 e. The summed E-state index contributed by atoms with van der Waals surface area (Å²) in [6, 6.07) is 0.364. The number of aromatic nitrogens is 4. The maximum absolute atomic E-state index is 11.5. The lowest BCUT2D eigenvalue weighted by Crippen LogP contribution is -2.11. The van der Waals surface area contributed by atoms with Crippen LogP contribution in [-0.2, 0) is 9.84 Å². The maximum Gasteiger partial charge on any atom is 0.248 e. The normalized spacial score (nSPS) is 29.6. The zero-order chi connectivity index (χ0) is 13.2. The summed E-state index contributed by atoms with van der Waals surface area (Å²) in [5.74, 6) is 1.70. The second-order valence-corrected chi connectivity index (χ2v) is 7.58. The Kier molecular flexibility index (Phi) is 2.11. The SMILES string of the molecule is CS(=O)(=O)c1ncc2cnn(C3C[C@@H]4C[C@@H]4C3)c2n1. The van der Waals surface area contributed by atoms with Gasteiger partial charge in [0.25, 0.3) is 0 Å². The van der Waals surface area contributed by atoms with Crippen LogP contribution in [0.5, 0.6) is 0 Å². The first-order valence-electron chi connectivity index (χ1n) is 6.42. The van der Waals surface area contributed by atoms with Gasteiger partial charge in [-0.3, -0.25) is 0 Å². The summed E-state index contributed by atoms with van der Waals surface area (Å²) in [6.45, 7) is 0. The molecule has 100 valence electrons. The van der Waals surface area contributed by atoms with Crippen molar-refractivity contribution in [3.63, 3.8) is 0 Å². The van der Waals surface area contributed by atoms with E-state index in [0.29, 0.717) is 11.7 Å². The van der Waals surface area contributed by atoms with Crippen LogP contribution in [0.25, 0.3) is 11.0 Å². The molecule has 4 rings (SSSR count). The van der Waals surface area contributed by atoms with Crippen LogP contribution in [0.3, 0.4) is 0 Å². The van der Waals surface area contributed by atoms with Crippen molar-refractivity contribution in [1.82, 2.24) is 19.7 Å². The standard InChI is InChI=1S/C12H14N4O2S/c1-19(17,18)12-13-5-9-6-14-16(11(9)15-12)10-3-7-2-8(7)4-10/h5-8,10H,2-4H2,1H3/t7-,8+,10?. The fourth-order valence-electron chi connectivity index (χ4n) is 3.15. The highest BCUT2D eigenvalue weighted by molar-refractivity contribution is 7.90. The van der Waals surface area contributed by atoms with Gasteiger partial charge in [-0.1, -0.05) is 0 Å². The van der Waals surface area contributed by atoms with E-state index in [0.717, 1.165) is 36.3 Å². The molecule has 0 bridgehead atoms. The molecule has 0 N–H and O–H groups in total. The van der Waals surface area contributed by atoms with E-state index in [9.17, 15) is 8.42 Å². The van der Waals surface area contributed by atoms with Crippen molar-refractivity contribution in [2.45, 2.75) is 30.5 Å². The van der Waals surface area contributed by atoms with Gasteiger partial charge >= 0.3 is 0 Å². The van der Waals surface area contributed by atoms with Gasteiger partial charge in [0.15, 0.2) is 5.65 Å². The van der Waals surface area contributed by atoms with Crippen molar-refractivity contribution in [2.24, 2.45) is 11.8 Å². The molecule has 0 radical (unpaired) electrons. The minimum atomic E-state index is -3.38. The lowest BCUT2D eigenvalue weighted by Gasteiger charge is -2.13. The monoisotopic (exact) mass is 278 g/mol. The van der Waals surface area contributed by atoms with Crippen LogP contribution < -0.4 is 0 Å². The summed E-state index contributed by atoms with van der Waals surface area (Å²) in [4.78, 5) is 8.08. The molecule has 3 atom stereocenters. The van der Waals surface area contributed by atoms with Gasteiger partial charge in [0.1, 0.15) is 0 Å². The third kappa shape index (κ3) is 1.75. The highest BCUT2D eigenvalue weighted by Crippen LogP contribution is 2.56. The number of hydrogen-bond donors (Lipinski definition) is 0. The van der Waals surface area contributed by atoms with Crippen molar-refractivity contribution in [3.05, 3.63) is 12.4 Å². The van der Waals surface area contributed by atoms with Crippen molar-refractivity contribution in [1.29, 1.82) is 0 Å². The Hall–Kier alpha value is -1.50. The van der Waals surface area contributed by atoms with Gasteiger partial charge < -0.3 is 0 Å². The number of hydrogen-bond acceptors (Lipinski definition) is 5.